The number of carbonyl (C=O) groups excluding carboxylic acids is 1. The molecule has 102 valence electrons. The summed E-state index contributed by atoms with van der Waals surface area (Å²) in [6.07, 6.45) is 4.48. The van der Waals surface area contributed by atoms with Crippen molar-refractivity contribution in [2.24, 2.45) is 0 Å². The summed E-state index contributed by atoms with van der Waals surface area (Å²) in [6.45, 7) is 0.560. The zero-order valence-electron chi connectivity index (χ0n) is 10.5. The van der Waals surface area contributed by atoms with Gasteiger partial charge in [-0.25, -0.2) is 4.98 Å². The molecule has 1 aliphatic rings. The number of ether oxygens (including phenoxy) is 1. The number of rotatable bonds is 4. The van der Waals surface area contributed by atoms with Crippen LogP contribution in [0.3, 0.4) is 0 Å². The lowest BCUT2D eigenvalue weighted by Gasteiger charge is -2.32. The van der Waals surface area contributed by atoms with E-state index < -0.39 is 4.92 Å². The Kier molecular flexibility index (Phi) is 3.88. The lowest BCUT2D eigenvalue weighted by molar-refractivity contribution is -0.385. The first-order chi connectivity index (χ1) is 9.19. The number of nitrogens with zero attached hydrogens (tertiary/aromatic N) is 4. The second kappa shape index (κ2) is 5.59. The number of piperidine rings is 1. The van der Waals surface area contributed by atoms with Crippen molar-refractivity contribution < 1.29 is 14.5 Å². The van der Waals surface area contributed by atoms with E-state index in [9.17, 15) is 14.9 Å². The number of anilines is 1. The third-order valence-corrected chi connectivity index (χ3v) is 3.12. The van der Waals surface area contributed by atoms with Gasteiger partial charge in [0.1, 0.15) is 12.6 Å². The molecule has 0 aromatic carbocycles. The highest BCUT2D eigenvalue weighted by molar-refractivity contribution is 5.71. The van der Waals surface area contributed by atoms with E-state index in [4.69, 9.17) is 4.74 Å². The second-order valence-electron chi connectivity index (χ2n) is 4.20. The number of nitro groups is 1. The van der Waals surface area contributed by atoms with Gasteiger partial charge in [-0.2, -0.15) is 4.98 Å². The van der Waals surface area contributed by atoms with E-state index in [1.165, 1.54) is 13.4 Å². The van der Waals surface area contributed by atoms with Crippen molar-refractivity contribution in [1.82, 2.24) is 9.97 Å². The van der Waals surface area contributed by atoms with Gasteiger partial charge in [0.2, 0.25) is 5.82 Å². The van der Waals surface area contributed by atoms with Crippen LogP contribution in [-0.2, 0) is 4.79 Å². The molecule has 0 amide bonds. The van der Waals surface area contributed by atoms with E-state index in [1.54, 1.807) is 4.90 Å². The Labute approximate surface area is 109 Å². The molecule has 1 fully saturated rings. The third-order valence-electron chi connectivity index (χ3n) is 3.12. The highest BCUT2D eigenvalue weighted by Crippen LogP contribution is 2.35. The van der Waals surface area contributed by atoms with Crippen LogP contribution in [0.1, 0.15) is 19.3 Å². The number of carbonyl (C=O) groups is 1. The Bertz CT molecular complexity index is 494. The van der Waals surface area contributed by atoms with Crippen LogP contribution in [0.4, 0.5) is 11.5 Å². The summed E-state index contributed by atoms with van der Waals surface area (Å²) in [5, 5.41) is 11.2. The SMILES string of the molecule is COc1ncnc(N2CCCCC2C=O)c1[N+](=O)[O-]. The van der Waals surface area contributed by atoms with Crippen molar-refractivity contribution in [1.29, 1.82) is 0 Å². The molecule has 1 unspecified atom stereocenters. The van der Waals surface area contributed by atoms with Gasteiger partial charge in [-0.05, 0) is 19.3 Å². The van der Waals surface area contributed by atoms with Crippen LogP contribution in [0, 0.1) is 10.1 Å². The minimum atomic E-state index is -0.579. The maximum atomic E-state index is 11.2. The molecule has 2 heterocycles. The molecule has 1 aromatic heterocycles. The van der Waals surface area contributed by atoms with E-state index in [0.717, 1.165) is 19.1 Å². The first kappa shape index (κ1) is 13.2. The van der Waals surface area contributed by atoms with Crippen molar-refractivity contribution in [2.75, 3.05) is 18.6 Å². The van der Waals surface area contributed by atoms with Gasteiger partial charge in [0, 0.05) is 6.54 Å². The van der Waals surface area contributed by atoms with Gasteiger partial charge in [0.05, 0.1) is 18.1 Å². The van der Waals surface area contributed by atoms with Gasteiger partial charge in [-0.3, -0.25) is 10.1 Å². The average molecular weight is 266 g/mol. The van der Waals surface area contributed by atoms with Crippen LogP contribution in [0.2, 0.25) is 0 Å². The second-order valence-corrected chi connectivity index (χ2v) is 4.20. The van der Waals surface area contributed by atoms with Crippen molar-refractivity contribution in [3.8, 4) is 5.88 Å². The number of methoxy groups -OCH3 is 1. The first-order valence-electron chi connectivity index (χ1n) is 5.94. The molecule has 0 bridgehead atoms. The van der Waals surface area contributed by atoms with Gasteiger partial charge >= 0.3 is 5.69 Å². The lowest BCUT2D eigenvalue weighted by atomic mass is 10.0. The lowest BCUT2D eigenvalue weighted by Crippen LogP contribution is -2.41. The molecule has 1 aliphatic heterocycles. The summed E-state index contributed by atoms with van der Waals surface area (Å²) in [6, 6.07) is -0.382. The maximum Gasteiger partial charge on any atom is 0.372 e. The van der Waals surface area contributed by atoms with Crippen LogP contribution in [-0.4, -0.2) is 40.9 Å². The van der Waals surface area contributed by atoms with Crippen LogP contribution in [0.15, 0.2) is 6.33 Å². The molecular weight excluding hydrogens is 252 g/mol. The van der Waals surface area contributed by atoms with Crippen molar-refractivity contribution >= 4 is 17.8 Å². The van der Waals surface area contributed by atoms with Gasteiger partial charge in [-0.1, -0.05) is 0 Å². The average Bonchev–Trinajstić information content (AvgIpc) is 2.46. The third kappa shape index (κ3) is 2.47. The molecule has 1 atom stereocenters. The largest absolute Gasteiger partial charge is 0.476 e. The molecule has 8 heteroatoms. The molecule has 0 saturated carbocycles. The maximum absolute atomic E-state index is 11.2. The number of aromatic nitrogens is 2. The fourth-order valence-corrected chi connectivity index (χ4v) is 2.23. The Morgan fingerprint density at radius 3 is 2.95 bits per heavy atom. The van der Waals surface area contributed by atoms with Crippen molar-refractivity contribution in [2.45, 2.75) is 25.3 Å². The van der Waals surface area contributed by atoms with Crippen LogP contribution < -0.4 is 9.64 Å². The van der Waals surface area contributed by atoms with Gasteiger partial charge in [0.15, 0.2) is 0 Å². The molecule has 1 saturated heterocycles. The van der Waals surface area contributed by atoms with E-state index in [2.05, 4.69) is 9.97 Å². The Hall–Kier alpha value is -2.25. The Balaban J connectivity index is 2.48. The summed E-state index contributed by atoms with van der Waals surface area (Å²) in [5.74, 6) is 0.0545. The molecule has 0 radical (unpaired) electrons. The van der Waals surface area contributed by atoms with Crippen LogP contribution >= 0.6 is 0 Å². The molecule has 1 aromatic rings. The topological polar surface area (TPSA) is 98.5 Å². The van der Waals surface area contributed by atoms with E-state index >= 15 is 0 Å². The van der Waals surface area contributed by atoms with Gasteiger partial charge in [-0.15, -0.1) is 0 Å². The number of hydrogen-bond donors (Lipinski definition) is 0. The van der Waals surface area contributed by atoms with Crippen LogP contribution in [0.25, 0.3) is 0 Å². The number of hydrogen-bond acceptors (Lipinski definition) is 7. The van der Waals surface area contributed by atoms with E-state index in [1.807, 2.05) is 0 Å². The minimum Gasteiger partial charge on any atom is -0.476 e. The first-order valence-corrected chi connectivity index (χ1v) is 5.94. The van der Waals surface area contributed by atoms with Crippen molar-refractivity contribution in [3.63, 3.8) is 0 Å². The summed E-state index contributed by atoms with van der Waals surface area (Å²) < 4.78 is 4.90. The predicted molar refractivity (Wildman–Crippen MR) is 66.3 cm³/mol. The zero-order valence-corrected chi connectivity index (χ0v) is 10.5. The van der Waals surface area contributed by atoms with E-state index in [-0.39, 0.29) is 23.4 Å². The zero-order chi connectivity index (χ0) is 13.8. The smallest absolute Gasteiger partial charge is 0.372 e. The fourth-order valence-electron chi connectivity index (χ4n) is 2.23. The minimum absolute atomic E-state index is 0.0924. The predicted octanol–water partition coefficient (Wildman–Crippen LogP) is 0.951. The van der Waals surface area contributed by atoms with Gasteiger partial charge < -0.3 is 14.4 Å². The van der Waals surface area contributed by atoms with Gasteiger partial charge in [0.25, 0.3) is 5.88 Å². The molecule has 19 heavy (non-hydrogen) atoms. The summed E-state index contributed by atoms with van der Waals surface area (Å²) in [7, 11) is 1.31. The molecule has 0 aliphatic carbocycles. The monoisotopic (exact) mass is 266 g/mol. The summed E-state index contributed by atoms with van der Waals surface area (Å²) in [5.41, 5.74) is -0.293. The number of aldehydes is 1. The molecule has 0 spiro atoms. The summed E-state index contributed by atoms with van der Waals surface area (Å²) in [4.78, 5) is 31.0. The molecule has 0 N–H and O–H groups in total. The highest BCUT2D eigenvalue weighted by atomic mass is 16.6. The molecule has 8 nitrogen and oxygen atoms in total. The highest BCUT2D eigenvalue weighted by Gasteiger charge is 2.32. The Morgan fingerprint density at radius 1 is 1.53 bits per heavy atom. The normalized spacial score (nSPS) is 19.0. The standard InChI is InChI=1S/C11H14N4O4/c1-19-11-9(15(17)18)10(12-7-13-11)14-5-3-2-4-8(14)6-16/h6-8H,2-5H2,1H3. The summed E-state index contributed by atoms with van der Waals surface area (Å²) >= 11 is 0. The van der Waals surface area contributed by atoms with Crippen molar-refractivity contribution in [3.05, 3.63) is 16.4 Å². The fraction of sp³-hybridized carbons (Fsp3) is 0.545. The van der Waals surface area contributed by atoms with Crippen LogP contribution in [0.5, 0.6) is 5.88 Å². The quantitative estimate of drug-likeness (QED) is 0.454. The van der Waals surface area contributed by atoms with E-state index in [0.29, 0.717) is 13.0 Å². The molecular formula is C11H14N4O4. The Morgan fingerprint density at radius 2 is 2.32 bits per heavy atom. The molecule has 2 rings (SSSR count).